The number of aliphatic hydroxyl groups excluding tert-OH is 1. The zero-order valence-corrected chi connectivity index (χ0v) is 20.4. The first-order chi connectivity index (χ1) is 16.6. The predicted octanol–water partition coefficient (Wildman–Crippen LogP) is 2.24. The average Bonchev–Trinajstić information content (AvgIpc) is 3.07. The van der Waals surface area contributed by atoms with E-state index in [0.717, 1.165) is 5.56 Å². The van der Waals surface area contributed by atoms with Gasteiger partial charge in [-0.05, 0) is 69.4 Å². The maximum absolute atomic E-state index is 13.1. The van der Waals surface area contributed by atoms with Gasteiger partial charge in [-0.2, -0.15) is 0 Å². The van der Waals surface area contributed by atoms with E-state index in [1.165, 1.54) is 4.90 Å². The zero-order valence-electron chi connectivity index (χ0n) is 20.4. The van der Waals surface area contributed by atoms with E-state index in [4.69, 9.17) is 15.2 Å². The number of rotatable bonds is 10. The normalized spacial score (nSPS) is 17.2. The third-order valence-corrected chi connectivity index (χ3v) is 5.65. The van der Waals surface area contributed by atoms with E-state index in [0.29, 0.717) is 42.3 Å². The number of hydrogen-bond acceptors (Lipinski definition) is 7. The van der Waals surface area contributed by atoms with Gasteiger partial charge in [0.2, 0.25) is 0 Å². The molecule has 0 spiro atoms. The molecule has 3 N–H and O–H groups in total. The summed E-state index contributed by atoms with van der Waals surface area (Å²) in [4.78, 5) is 40.5. The molecule has 1 saturated heterocycles. The summed E-state index contributed by atoms with van der Waals surface area (Å²) in [7, 11) is 3.75. The van der Waals surface area contributed by atoms with Crippen molar-refractivity contribution in [1.29, 1.82) is 0 Å². The Balaban J connectivity index is 2.06. The molecule has 2 amide bonds. The van der Waals surface area contributed by atoms with Crippen molar-refractivity contribution in [2.75, 3.05) is 40.4 Å². The molecule has 0 radical (unpaired) electrons. The van der Waals surface area contributed by atoms with Crippen molar-refractivity contribution in [3.05, 3.63) is 64.7 Å². The van der Waals surface area contributed by atoms with Gasteiger partial charge in [-0.3, -0.25) is 14.4 Å². The lowest BCUT2D eigenvalue weighted by Gasteiger charge is -2.26. The minimum Gasteiger partial charge on any atom is -0.507 e. The Labute approximate surface area is 204 Å². The Hall–Kier alpha value is -3.85. The van der Waals surface area contributed by atoms with Gasteiger partial charge in [-0.15, -0.1) is 0 Å². The first-order valence-electron chi connectivity index (χ1n) is 11.3. The van der Waals surface area contributed by atoms with Gasteiger partial charge in [0, 0.05) is 18.7 Å². The van der Waals surface area contributed by atoms with Crippen molar-refractivity contribution in [2.24, 2.45) is 5.73 Å². The number of primary amides is 1. The molecule has 1 unspecified atom stereocenters. The fraction of sp³-hybridized carbons (Fsp3) is 0.346. The van der Waals surface area contributed by atoms with Crippen LogP contribution in [0, 0.1) is 6.92 Å². The number of benzene rings is 2. The standard InChI is InChI=1S/C26H31N3O6/c1-5-34-20-11-8-18(14-16(20)2)24(31)22-23(29(13-12-28(3)4)26(33)25(22)32)17-6-9-19(10-7-17)35-15-21(27)30/h6-11,14,23,31H,5,12-13,15H2,1-4H3,(H2,27,30). The lowest BCUT2D eigenvalue weighted by molar-refractivity contribution is -0.140. The number of nitrogens with zero attached hydrogens (tertiary/aromatic N) is 2. The highest BCUT2D eigenvalue weighted by atomic mass is 16.5. The third-order valence-electron chi connectivity index (χ3n) is 5.65. The number of hydrogen-bond donors (Lipinski definition) is 2. The fourth-order valence-corrected chi connectivity index (χ4v) is 3.94. The van der Waals surface area contributed by atoms with E-state index < -0.39 is 23.6 Å². The highest BCUT2D eigenvalue weighted by Crippen LogP contribution is 2.40. The molecule has 0 bridgehead atoms. The van der Waals surface area contributed by atoms with Crippen molar-refractivity contribution in [3.63, 3.8) is 0 Å². The molecule has 9 heteroatoms. The first kappa shape index (κ1) is 25.8. The molecule has 1 aliphatic rings. The Kier molecular flexibility index (Phi) is 8.14. The van der Waals surface area contributed by atoms with Crippen molar-refractivity contribution >= 4 is 23.4 Å². The van der Waals surface area contributed by atoms with Gasteiger partial charge in [0.1, 0.15) is 17.3 Å². The minimum atomic E-state index is -0.785. The number of aliphatic hydroxyl groups is 1. The zero-order chi connectivity index (χ0) is 25.7. The Bertz CT molecular complexity index is 1140. The van der Waals surface area contributed by atoms with Gasteiger partial charge in [0.15, 0.2) is 6.61 Å². The molecule has 35 heavy (non-hydrogen) atoms. The van der Waals surface area contributed by atoms with E-state index in [9.17, 15) is 19.5 Å². The molecule has 9 nitrogen and oxygen atoms in total. The van der Waals surface area contributed by atoms with Gasteiger partial charge in [-0.1, -0.05) is 12.1 Å². The summed E-state index contributed by atoms with van der Waals surface area (Å²) >= 11 is 0. The van der Waals surface area contributed by atoms with Gasteiger partial charge in [-0.25, -0.2) is 0 Å². The van der Waals surface area contributed by atoms with E-state index in [-0.39, 0.29) is 17.9 Å². The molecule has 1 atom stereocenters. The topological polar surface area (TPSA) is 122 Å². The van der Waals surface area contributed by atoms with Gasteiger partial charge in [0.05, 0.1) is 18.2 Å². The number of likely N-dealkylation sites (N-methyl/N-ethyl adjacent to an activating group) is 1. The molecule has 2 aromatic carbocycles. The van der Waals surface area contributed by atoms with Crippen LogP contribution in [0.4, 0.5) is 0 Å². The lowest BCUT2D eigenvalue weighted by atomic mass is 9.94. The largest absolute Gasteiger partial charge is 0.507 e. The highest BCUT2D eigenvalue weighted by Gasteiger charge is 2.45. The van der Waals surface area contributed by atoms with Crippen LogP contribution in [0.25, 0.3) is 5.76 Å². The van der Waals surface area contributed by atoms with Crippen molar-refractivity contribution in [1.82, 2.24) is 9.80 Å². The number of nitrogens with two attached hydrogens (primary N) is 1. The van der Waals surface area contributed by atoms with E-state index in [1.54, 1.807) is 42.5 Å². The van der Waals surface area contributed by atoms with Crippen LogP contribution < -0.4 is 15.2 Å². The maximum Gasteiger partial charge on any atom is 0.295 e. The van der Waals surface area contributed by atoms with Crippen molar-refractivity contribution in [2.45, 2.75) is 19.9 Å². The summed E-state index contributed by atoms with van der Waals surface area (Å²) in [6.45, 7) is 4.79. The summed E-state index contributed by atoms with van der Waals surface area (Å²) in [5.41, 5.74) is 6.98. The van der Waals surface area contributed by atoms with Crippen LogP contribution in [-0.2, 0) is 14.4 Å². The number of likely N-dealkylation sites (tertiary alicyclic amines) is 1. The van der Waals surface area contributed by atoms with Crippen molar-refractivity contribution in [3.8, 4) is 11.5 Å². The van der Waals surface area contributed by atoms with E-state index >= 15 is 0 Å². The van der Waals surface area contributed by atoms with Crippen LogP contribution in [0.1, 0.15) is 29.7 Å². The highest BCUT2D eigenvalue weighted by molar-refractivity contribution is 6.46. The van der Waals surface area contributed by atoms with Crippen molar-refractivity contribution < 1.29 is 29.0 Å². The first-order valence-corrected chi connectivity index (χ1v) is 11.3. The summed E-state index contributed by atoms with van der Waals surface area (Å²) < 4.78 is 10.9. The monoisotopic (exact) mass is 481 g/mol. The van der Waals surface area contributed by atoms with E-state index in [2.05, 4.69) is 0 Å². The number of Topliss-reactive ketones (excluding diaryl/α,β-unsaturated/α-hetero) is 1. The Morgan fingerprint density at radius 3 is 2.37 bits per heavy atom. The summed E-state index contributed by atoms with van der Waals surface area (Å²) in [5, 5.41) is 11.2. The van der Waals surface area contributed by atoms with Gasteiger partial charge >= 0.3 is 0 Å². The molecule has 186 valence electrons. The third kappa shape index (κ3) is 5.81. The van der Waals surface area contributed by atoms with Crippen LogP contribution in [-0.4, -0.2) is 72.9 Å². The number of carbonyl (C=O) groups excluding carboxylic acids is 3. The lowest BCUT2D eigenvalue weighted by Crippen LogP contribution is -2.35. The number of ketones is 1. The molecule has 3 rings (SSSR count). The SMILES string of the molecule is CCOc1ccc(C(O)=C2C(=O)C(=O)N(CCN(C)C)C2c2ccc(OCC(N)=O)cc2)cc1C. The Morgan fingerprint density at radius 1 is 1.11 bits per heavy atom. The molecule has 1 heterocycles. The maximum atomic E-state index is 13.1. The van der Waals surface area contributed by atoms with Crippen LogP contribution in [0.2, 0.25) is 0 Å². The van der Waals surface area contributed by atoms with Crippen LogP contribution in [0.15, 0.2) is 48.0 Å². The molecular formula is C26H31N3O6. The predicted molar refractivity (Wildman–Crippen MR) is 131 cm³/mol. The number of carbonyl (C=O) groups is 3. The average molecular weight is 482 g/mol. The molecule has 1 aliphatic heterocycles. The minimum absolute atomic E-state index is 0.0168. The summed E-state index contributed by atoms with van der Waals surface area (Å²) in [6, 6.07) is 11.0. The van der Waals surface area contributed by atoms with Crippen LogP contribution in [0.3, 0.4) is 0 Å². The van der Waals surface area contributed by atoms with Crippen LogP contribution >= 0.6 is 0 Å². The molecule has 2 aromatic rings. The van der Waals surface area contributed by atoms with Gasteiger partial charge < -0.3 is 30.1 Å². The number of amides is 2. The molecule has 0 saturated carbocycles. The molecule has 0 aromatic heterocycles. The number of ether oxygens (including phenoxy) is 2. The second-order valence-corrected chi connectivity index (χ2v) is 8.53. The summed E-state index contributed by atoms with van der Waals surface area (Å²) in [5.74, 6) is -1.17. The Morgan fingerprint density at radius 2 is 1.80 bits per heavy atom. The number of aryl methyl sites for hydroxylation is 1. The van der Waals surface area contributed by atoms with Crippen LogP contribution in [0.5, 0.6) is 11.5 Å². The smallest absolute Gasteiger partial charge is 0.295 e. The molecular weight excluding hydrogens is 450 g/mol. The van der Waals surface area contributed by atoms with Gasteiger partial charge in [0.25, 0.3) is 17.6 Å². The fourth-order valence-electron chi connectivity index (χ4n) is 3.94. The van der Waals surface area contributed by atoms with E-state index in [1.807, 2.05) is 32.8 Å². The summed E-state index contributed by atoms with van der Waals surface area (Å²) in [6.07, 6.45) is 0. The second kappa shape index (κ2) is 11.1. The molecule has 1 fully saturated rings. The quantitative estimate of drug-likeness (QED) is 0.303. The molecule has 0 aliphatic carbocycles. The second-order valence-electron chi connectivity index (χ2n) is 8.53.